The van der Waals surface area contributed by atoms with Crippen molar-refractivity contribution >= 4 is 18.3 Å². The Balaban J connectivity index is 0.000000963. The second kappa shape index (κ2) is 4.19. The molecule has 0 aromatic carbocycles. The van der Waals surface area contributed by atoms with Gasteiger partial charge in [-0.1, -0.05) is 12.8 Å². The van der Waals surface area contributed by atoms with Gasteiger partial charge in [0.2, 0.25) is 5.91 Å². The van der Waals surface area contributed by atoms with Crippen LogP contribution in [0.2, 0.25) is 0 Å². The first-order valence-electron chi connectivity index (χ1n) is 6.26. The molecule has 92 valence electrons. The summed E-state index contributed by atoms with van der Waals surface area (Å²) in [7, 11) is 0. The molecule has 0 bridgehead atoms. The molecule has 3 aliphatic rings. The van der Waals surface area contributed by atoms with Gasteiger partial charge in [-0.05, 0) is 31.1 Å². The van der Waals surface area contributed by atoms with Crippen molar-refractivity contribution in [2.45, 2.75) is 44.6 Å². The standard InChI is InChI=1S/C12H20N2O.ClH/c13-9-3-6-14(8-9)11(15)10-7-12(10)4-1-2-5-12;/h9-10H,1-8,13H2;1H/t9-,10?;/m0./s1. The van der Waals surface area contributed by atoms with Crippen molar-refractivity contribution in [2.24, 2.45) is 17.1 Å². The van der Waals surface area contributed by atoms with Gasteiger partial charge in [0.15, 0.2) is 0 Å². The minimum absolute atomic E-state index is 0. The van der Waals surface area contributed by atoms with Gasteiger partial charge < -0.3 is 10.6 Å². The largest absolute Gasteiger partial charge is 0.341 e. The Morgan fingerprint density at radius 1 is 1.31 bits per heavy atom. The summed E-state index contributed by atoms with van der Waals surface area (Å²) in [5, 5.41) is 0. The topological polar surface area (TPSA) is 46.3 Å². The van der Waals surface area contributed by atoms with Crippen LogP contribution in [0.1, 0.15) is 38.5 Å². The summed E-state index contributed by atoms with van der Waals surface area (Å²) in [5.41, 5.74) is 6.28. The number of hydrogen-bond donors (Lipinski definition) is 1. The Kier molecular flexibility index (Phi) is 3.19. The molecule has 1 unspecified atom stereocenters. The molecular weight excluding hydrogens is 224 g/mol. The Morgan fingerprint density at radius 2 is 2.00 bits per heavy atom. The third kappa shape index (κ3) is 1.84. The number of halogens is 1. The quantitative estimate of drug-likeness (QED) is 0.761. The molecule has 0 radical (unpaired) electrons. The zero-order valence-electron chi connectivity index (χ0n) is 9.65. The molecule has 3 rings (SSSR count). The fraction of sp³-hybridized carbons (Fsp3) is 0.917. The molecular formula is C12H21ClN2O. The molecule has 2 aliphatic carbocycles. The van der Waals surface area contributed by atoms with Gasteiger partial charge in [-0.15, -0.1) is 12.4 Å². The Labute approximate surface area is 103 Å². The van der Waals surface area contributed by atoms with E-state index < -0.39 is 0 Å². The Morgan fingerprint density at radius 3 is 2.56 bits per heavy atom. The summed E-state index contributed by atoms with van der Waals surface area (Å²) in [6.07, 6.45) is 7.42. The molecule has 1 heterocycles. The molecule has 1 aliphatic heterocycles. The predicted molar refractivity (Wildman–Crippen MR) is 65.4 cm³/mol. The van der Waals surface area contributed by atoms with Crippen molar-refractivity contribution in [3.05, 3.63) is 0 Å². The molecule has 1 spiro atoms. The minimum atomic E-state index is 0. The maximum Gasteiger partial charge on any atom is 0.226 e. The van der Waals surface area contributed by atoms with E-state index in [4.69, 9.17) is 5.73 Å². The van der Waals surface area contributed by atoms with Gasteiger partial charge in [0.05, 0.1) is 0 Å². The van der Waals surface area contributed by atoms with Gasteiger partial charge in [0.1, 0.15) is 0 Å². The van der Waals surface area contributed by atoms with Crippen LogP contribution in [0, 0.1) is 11.3 Å². The number of amides is 1. The van der Waals surface area contributed by atoms with E-state index in [1.807, 2.05) is 4.90 Å². The lowest BCUT2D eigenvalue weighted by Crippen LogP contribution is -2.34. The number of carbonyl (C=O) groups is 1. The molecule has 3 nitrogen and oxygen atoms in total. The summed E-state index contributed by atoms with van der Waals surface area (Å²) in [4.78, 5) is 14.2. The van der Waals surface area contributed by atoms with Crippen LogP contribution in [0.3, 0.4) is 0 Å². The Bertz CT molecular complexity index is 289. The molecule has 2 atom stereocenters. The first kappa shape index (κ1) is 12.2. The van der Waals surface area contributed by atoms with E-state index >= 15 is 0 Å². The normalized spacial score (nSPS) is 35.2. The van der Waals surface area contributed by atoms with Crippen molar-refractivity contribution < 1.29 is 4.79 Å². The maximum absolute atomic E-state index is 12.2. The van der Waals surface area contributed by atoms with Gasteiger partial charge in [0, 0.05) is 25.0 Å². The van der Waals surface area contributed by atoms with Crippen LogP contribution in [-0.4, -0.2) is 29.9 Å². The molecule has 0 aromatic rings. The number of nitrogens with zero attached hydrogens (tertiary/aromatic N) is 1. The SMILES string of the molecule is Cl.N[C@H]1CCN(C(=O)C2CC23CCCC3)C1. The molecule has 1 amide bonds. The van der Waals surface area contributed by atoms with Gasteiger partial charge in [0.25, 0.3) is 0 Å². The van der Waals surface area contributed by atoms with E-state index in [-0.39, 0.29) is 18.4 Å². The van der Waals surface area contributed by atoms with Gasteiger partial charge in [-0.2, -0.15) is 0 Å². The lowest BCUT2D eigenvalue weighted by atomic mass is 10.0. The van der Waals surface area contributed by atoms with Crippen LogP contribution in [0.25, 0.3) is 0 Å². The zero-order chi connectivity index (χ0) is 10.5. The molecule has 2 saturated carbocycles. The van der Waals surface area contributed by atoms with E-state index in [2.05, 4.69) is 0 Å². The van der Waals surface area contributed by atoms with E-state index in [1.165, 1.54) is 25.7 Å². The first-order valence-corrected chi connectivity index (χ1v) is 6.26. The summed E-state index contributed by atoms with van der Waals surface area (Å²) in [6.45, 7) is 1.69. The third-order valence-corrected chi connectivity index (χ3v) is 4.62. The van der Waals surface area contributed by atoms with Crippen LogP contribution in [-0.2, 0) is 4.79 Å². The third-order valence-electron chi connectivity index (χ3n) is 4.62. The second-order valence-electron chi connectivity index (χ2n) is 5.66. The van der Waals surface area contributed by atoms with E-state index in [0.717, 1.165) is 25.9 Å². The van der Waals surface area contributed by atoms with Crippen LogP contribution in [0.4, 0.5) is 0 Å². The highest BCUT2D eigenvalue weighted by Crippen LogP contribution is 2.63. The van der Waals surface area contributed by atoms with Gasteiger partial charge in [-0.3, -0.25) is 4.79 Å². The van der Waals surface area contributed by atoms with E-state index in [1.54, 1.807) is 0 Å². The number of nitrogens with two attached hydrogens (primary N) is 1. The fourth-order valence-electron chi connectivity index (χ4n) is 3.54. The average molecular weight is 245 g/mol. The summed E-state index contributed by atoms with van der Waals surface area (Å²) >= 11 is 0. The van der Waals surface area contributed by atoms with Crippen molar-refractivity contribution in [2.75, 3.05) is 13.1 Å². The second-order valence-corrected chi connectivity index (χ2v) is 5.66. The van der Waals surface area contributed by atoms with Crippen molar-refractivity contribution in [3.8, 4) is 0 Å². The van der Waals surface area contributed by atoms with Crippen molar-refractivity contribution in [3.63, 3.8) is 0 Å². The van der Waals surface area contributed by atoms with Crippen LogP contribution in [0.15, 0.2) is 0 Å². The predicted octanol–water partition coefficient (Wildman–Crippen LogP) is 1.55. The molecule has 1 saturated heterocycles. The smallest absolute Gasteiger partial charge is 0.226 e. The maximum atomic E-state index is 12.2. The zero-order valence-corrected chi connectivity index (χ0v) is 10.5. The van der Waals surface area contributed by atoms with Crippen LogP contribution in [0.5, 0.6) is 0 Å². The van der Waals surface area contributed by atoms with E-state index in [0.29, 0.717) is 17.2 Å². The van der Waals surface area contributed by atoms with Crippen LogP contribution < -0.4 is 5.73 Å². The van der Waals surface area contributed by atoms with Crippen LogP contribution >= 0.6 is 12.4 Å². The van der Waals surface area contributed by atoms with E-state index in [9.17, 15) is 4.79 Å². The highest BCUT2D eigenvalue weighted by atomic mass is 35.5. The molecule has 16 heavy (non-hydrogen) atoms. The lowest BCUT2D eigenvalue weighted by Gasteiger charge is -2.17. The lowest BCUT2D eigenvalue weighted by molar-refractivity contribution is -0.132. The summed E-state index contributed by atoms with van der Waals surface area (Å²) < 4.78 is 0. The number of rotatable bonds is 1. The van der Waals surface area contributed by atoms with Crippen molar-refractivity contribution in [1.82, 2.24) is 4.90 Å². The molecule has 0 aromatic heterocycles. The number of hydrogen-bond acceptors (Lipinski definition) is 2. The van der Waals surface area contributed by atoms with Gasteiger partial charge in [-0.25, -0.2) is 0 Å². The molecule has 2 N–H and O–H groups in total. The van der Waals surface area contributed by atoms with Crippen molar-refractivity contribution in [1.29, 1.82) is 0 Å². The summed E-state index contributed by atoms with van der Waals surface area (Å²) in [6, 6.07) is 0.229. The fourth-order valence-corrected chi connectivity index (χ4v) is 3.54. The molecule has 4 heteroatoms. The molecule has 3 fully saturated rings. The van der Waals surface area contributed by atoms with Gasteiger partial charge >= 0.3 is 0 Å². The number of likely N-dealkylation sites (tertiary alicyclic amines) is 1. The summed E-state index contributed by atoms with van der Waals surface area (Å²) in [5.74, 6) is 0.773. The first-order chi connectivity index (χ1) is 7.21. The minimum Gasteiger partial charge on any atom is -0.341 e. The highest BCUT2D eigenvalue weighted by molar-refractivity contribution is 5.85. The number of carbonyl (C=O) groups excluding carboxylic acids is 1. The highest BCUT2D eigenvalue weighted by Gasteiger charge is 2.59. The average Bonchev–Trinajstić information content (AvgIpc) is 2.60. The monoisotopic (exact) mass is 244 g/mol. The Hall–Kier alpha value is -0.280.